The molecule has 184 valence electrons. The Balaban J connectivity index is 1.46. The predicted molar refractivity (Wildman–Crippen MR) is 134 cm³/mol. The molecule has 0 bridgehead atoms. The number of amides is 1. The van der Waals surface area contributed by atoms with Crippen molar-refractivity contribution in [2.24, 2.45) is 5.92 Å². The molecule has 3 aromatic rings. The number of carbonyl (C=O) groups is 2. The molecule has 1 fully saturated rings. The lowest BCUT2D eigenvalue weighted by atomic mass is 10.1. The maximum Gasteiger partial charge on any atom is 0.360 e. The normalized spacial score (nSPS) is 14.7. The molecule has 2 aromatic carbocycles. The topological polar surface area (TPSA) is 103 Å². The summed E-state index contributed by atoms with van der Waals surface area (Å²) < 4.78 is 12.1. The standard InChI is InChI=1S/C26H30N4O5/c1-17(2)16-30-25(32)22-7-5-4-6-21(22)23(28-30)26(33)35-18(3)24(31)27-19-8-10-20(11-9-19)29-12-14-34-15-13-29/h4-11,17-18H,12-16H2,1-3H3,(H,27,31). The van der Waals surface area contributed by atoms with Gasteiger partial charge < -0.3 is 19.7 Å². The van der Waals surface area contributed by atoms with Gasteiger partial charge in [-0.2, -0.15) is 5.10 Å². The Kier molecular flexibility index (Phi) is 7.45. The summed E-state index contributed by atoms with van der Waals surface area (Å²) in [6, 6.07) is 14.3. The lowest BCUT2D eigenvalue weighted by molar-refractivity contribution is -0.123. The Morgan fingerprint density at radius 1 is 1.03 bits per heavy atom. The van der Waals surface area contributed by atoms with E-state index in [0.717, 1.165) is 18.8 Å². The second kappa shape index (κ2) is 10.7. The van der Waals surface area contributed by atoms with Crippen molar-refractivity contribution in [1.82, 2.24) is 9.78 Å². The van der Waals surface area contributed by atoms with Crippen LogP contribution in [0, 0.1) is 5.92 Å². The smallest absolute Gasteiger partial charge is 0.360 e. The first-order chi connectivity index (χ1) is 16.8. The molecule has 1 N–H and O–H groups in total. The molecule has 0 spiro atoms. The van der Waals surface area contributed by atoms with Gasteiger partial charge in [0.1, 0.15) is 0 Å². The lowest BCUT2D eigenvalue weighted by Gasteiger charge is -2.28. The molecule has 0 saturated carbocycles. The number of fused-ring (bicyclic) bond motifs is 1. The fourth-order valence-electron chi connectivity index (χ4n) is 3.95. The van der Waals surface area contributed by atoms with Gasteiger partial charge in [-0.3, -0.25) is 9.59 Å². The van der Waals surface area contributed by atoms with Crippen LogP contribution in [0.25, 0.3) is 10.8 Å². The van der Waals surface area contributed by atoms with Crippen LogP contribution in [0.3, 0.4) is 0 Å². The highest BCUT2D eigenvalue weighted by Gasteiger charge is 2.24. The number of nitrogens with one attached hydrogen (secondary N) is 1. The van der Waals surface area contributed by atoms with Crippen LogP contribution in [-0.2, 0) is 20.8 Å². The maximum absolute atomic E-state index is 13.0. The van der Waals surface area contributed by atoms with Crippen molar-refractivity contribution in [2.45, 2.75) is 33.4 Å². The number of morpholine rings is 1. The Bertz CT molecular complexity index is 1260. The number of hydrogen-bond acceptors (Lipinski definition) is 7. The van der Waals surface area contributed by atoms with Gasteiger partial charge >= 0.3 is 5.97 Å². The molecule has 0 radical (unpaired) electrons. The summed E-state index contributed by atoms with van der Waals surface area (Å²) in [5.41, 5.74) is 1.40. The third-order valence-electron chi connectivity index (χ3n) is 5.76. The first-order valence-electron chi connectivity index (χ1n) is 11.8. The van der Waals surface area contributed by atoms with E-state index in [9.17, 15) is 14.4 Å². The lowest BCUT2D eigenvalue weighted by Crippen LogP contribution is -2.36. The minimum atomic E-state index is -1.06. The molecule has 1 aliphatic heterocycles. The van der Waals surface area contributed by atoms with Crippen LogP contribution in [0.1, 0.15) is 31.3 Å². The summed E-state index contributed by atoms with van der Waals surface area (Å²) >= 11 is 0. The number of anilines is 2. The van der Waals surface area contributed by atoms with E-state index >= 15 is 0 Å². The van der Waals surface area contributed by atoms with E-state index in [1.54, 1.807) is 24.3 Å². The predicted octanol–water partition coefficient (Wildman–Crippen LogP) is 3.07. The van der Waals surface area contributed by atoms with E-state index < -0.39 is 18.0 Å². The number of nitrogens with zero attached hydrogens (tertiary/aromatic N) is 3. The fourth-order valence-corrected chi connectivity index (χ4v) is 3.95. The van der Waals surface area contributed by atoms with Crippen LogP contribution >= 0.6 is 0 Å². The van der Waals surface area contributed by atoms with Crippen molar-refractivity contribution in [2.75, 3.05) is 36.5 Å². The summed E-state index contributed by atoms with van der Waals surface area (Å²) in [7, 11) is 0. The summed E-state index contributed by atoms with van der Waals surface area (Å²) in [5, 5.41) is 7.83. The van der Waals surface area contributed by atoms with Gasteiger partial charge in [-0.1, -0.05) is 32.0 Å². The average molecular weight is 479 g/mol. The SMILES string of the molecule is CC(C)Cn1nc(C(=O)OC(C)C(=O)Nc2ccc(N3CCOCC3)cc2)c2ccccc2c1=O. The van der Waals surface area contributed by atoms with Gasteiger partial charge in [-0.05, 0) is 43.2 Å². The largest absolute Gasteiger partial charge is 0.448 e. The molecule has 9 heteroatoms. The maximum atomic E-state index is 13.0. The monoisotopic (exact) mass is 478 g/mol. The molecule has 2 heterocycles. The summed E-state index contributed by atoms with van der Waals surface area (Å²) in [6.07, 6.45) is -1.06. The molecule has 1 aliphatic rings. The Morgan fingerprint density at radius 3 is 2.34 bits per heavy atom. The van der Waals surface area contributed by atoms with Crippen LogP contribution in [0.15, 0.2) is 53.3 Å². The minimum absolute atomic E-state index is 0.00960. The van der Waals surface area contributed by atoms with Crippen molar-refractivity contribution in [3.8, 4) is 0 Å². The van der Waals surface area contributed by atoms with Crippen molar-refractivity contribution in [3.05, 3.63) is 64.6 Å². The highest BCUT2D eigenvalue weighted by atomic mass is 16.5. The quantitative estimate of drug-likeness (QED) is 0.521. The molecule has 1 amide bonds. The molecular formula is C26H30N4O5. The van der Waals surface area contributed by atoms with E-state index in [4.69, 9.17) is 9.47 Å². The molecular weight excluding hydrogens is 448 g/mol. The van der Waals surface area contributed by atoms with Gasteiger partial charge in [-0.25, -0.2) is 9.48 Å². The van der Waals surface area contributed by atoms with Crippen molar-refractivity contribution >= 4 is 34.0 Å². The number of ether oxygens (including phenoxy) is 2. The van der Waals surface area contributed by atoms with Crippen LogP contribution in [0.5, 0.6) is 0 Å². The van der Waals surface area contributed by atoms with Gasteiger partial charge in [0.15, 0.2) is 11.8 Å². The molecule has 9 nitrogen and oxygen atoms in total. The molecule has 4 rings (SSSR count). The Morgan fingerprint density at radius 2 is 1.69 bits per heavy atom. The van der Waals surface area contributed by atoms with Crippen molar-refractivity contribution in [3.63, 3.8) is 0 Å². The molecule has 1 saturated heterocycles. The van der Waals surface area contributed by atoms with Gasteiger partial charge in [0.05, 0.1) is 18.6 Å². The van der Waals surface area contributed by atoms with E-state index in [2.05, 4.69) is 15.3 Å². The van der Waals surface area contributed by atoms with Crippen molar-refractivity contribution in [1.29, 1.82) is 0 Å². The van der Waals surface area contributed by atoms with Gasteiger partial charge in [0.2, 0.25) is 0 Å². The molecule has 35 heavy (non-hydrogen) atoms. The molecule has 0 aliphatic carbocycles. The molecule has 1 unspecified atom stereocenters. The van der Waals surface area contributed by atoms with Gasteiger partial charge in [0.25, 0.3) is 11.5 Å². The molecule has 1 aromatic heterocycles. The summed E-state index contributed by atoms with van der Waals surface area (Å²) in [4.78, 5) is 40.7. The average Bonchev–Trinajstić information content (AvgIpc) is 2.86. The highest BCUT2D eigenvalue weighted by Crippen LogP contribution is 2.20. The number of hydrogen-bond donors (Lipinski definition) is 1. The Hall–Kier alpha value is -3.72. The number of rotatable bonds is 7. The van der Waals surface area contributed by atoms with Crippen LogP contribution < -0.4 is 15.8 Å². The third-order valence-corrected chi connectivity index (χ3v) is 5.76. The Labute approximate surface area is 203 Å². The second-order valence-electron chi connectivity index (χ2n) is 8.96. The van der Waals surface area contributed by atoms with Gasteiger partial charge in [-0.15, -0.1) is 0 Å². The fraction of sp³-hybridized carbons (Fsp3) is 0.385. The zero-order valence-electron chi connectivity index (χ0n) is 20.2. The van der Waals surface area contributed by atoms with Crippen LogP contribution in [0.4, 0.5) is 11.4 Å². The van der Waals surface area contributed by atoms with Gasteiger partial charge in [0, 0.05) is 36.4 Å². The number of benzene rings is 2. The van der Waals surface area contributed by atoms with Crippen LogP contribution in [0.2, 0.25) is 0 Å². The zero-order chi connectivity index (χ0) is 24.9. The van der Waals surface area contributed by atoms with E-state index in [1.165, 1.54) is 11.6 Å². The van der Waals surface area contributed by atoms with E-state index in [1.807, 2.05) is 38.1 Å². The van der Waals surface area contributed by atoms with Crippen molar-refractivity contribution < 1.29 is 19.1 Å². The second-order valence-corrected chi connectivity index (χ2v) is 8.96. The zero-order valence-corrected chi connectivity index (χ0v) is 20.2. The first kappa shape index (κ1) is 24.4. The number of carbonyl (C=O) groups excluding carboxylic acids is 2. The highest BCUT2D eigenvalue weighted by molar-refractivity contribution is 6.03. The van der Waals surface area contributed by atoms with E-state index in [-0.39, 0.29) is 17.2 Å². The molecule has 1 atom stereocenters. The van der Waals surface area contributed by atoms with Crippen LogP contribution in [-0.4, -0.2) is 54.1 Å². The summed E-state index contributed by atoms with van der Waals surface area (Å²) in [6.45, 7) is 8.82. The van der Waals surface area contributed by atoms with E-state index in [0.29, 0.717) is 36.2 Å². The summed E-state index contributed by atoms with van der Waals surface area (Å²) in [5.74, 6) is -1.06. The first-order valence-corrected chi connectivity index (χ1v) is 11.8. The number of esters is 1. The minimum Gasteiger partial charge on any atom is -0.448 e. The number of aromatic nitrogens is 2. The third kappa shape index (κ3) is 5.68.